The number of likely N-dealkylation sites (N-methyl/N-ethyl adjacent to an activating group) is 1. The summed E-state index contributed by atoms with van der Waals surface area (Å²) >= 11 is 0. The number of nitrogens with two attached hydrogens (primary N) is 1. The molecule has 0 radical (unpaired) electrons. The van der Waals surface area contributed by atoms with Gasteiger partial charge >= 0.3 is 5.97 Å². The average Bonchev–Trinajstić information content (AvgIpc) is 2.98. The first-order valence-corrected chi connectivity index (χ1v) is 16.1. The lowest BCUT2D eigenvalue weighted by Gasteiger charge is -2.55. The van der Waals surface area contributed by atoms with Crippen LogP contribution in [0.15, 0.2) is 35.1 Å². The Labute approximate surface area is 285 Å². The number of aromatic hydroxyl groups is 1. The first-order valence-electron chi connectivity index (χ1n) is 16.1. The number of hydrogen-bond acceptors (Lipinski definition) is 11. The monoisotopic (exact) mass is 696 g/mol. The number of rotatable bonds is 12. The molecule has 0 heterocycles. The van der Waals surface area contributed by atoms with Gasteiger partial charge in [-0.25, -0.2) is 0 Å². The van der Waals surface area contributed by atoms with Gasteiger partial charge in [0.1, 0.15) is 22.8 Å². The van der Waals surface area contributed by atoms with E-state index in [2.05, 4.69) is 6.92 Å². The van der Waals surface area contributed by atoms with Crippen LogP contribution in [0.2, 0.25) is 0 Å². The predicted molar refractivity (Wildman–Crippen MR) is 178 cm³/mol. The molecule has 0 unspecified atom stereocenters. The number of hydrogen-bond donors (Lipinski definition) is 8. The number of nitrogens with zero attached hydrogens (tertiary/aromatic N) is 1. The molecule has 15 heteroatoms. The maximum Gasteiger partial charge on any atom is 0.303 e. The zero-order valence-corrected chi connectivity index (χ0v) is 28.4. The van der Waals surface area contributed by atoms with Crippen molar-refractivity contribution in [2.45, 2.75) is 101 Å². The highest BCUT2D eigenvalue weighted by Crippen LogP contribution is 2.57. The lowest BCUT2D eigenvalue weighted by molar-refractivity contribution is -0.181. The van der Waals surface area contributed by atoms with Gasteiger partial charge in [-0.05, 0) is 39.1 Å². The van der Waals surface area contributed by atoms with Crippen LogP contribution in [0.25, 0.3) is 5.76 Å². The van der Waals surface area contributed by atoms with E-state index in [0.717, 1.165) is 12.8 Å². The molecule has 1 aromatic rings. The summed E-state index contributed by atoms with van der Waals surface area (Å²) in [6.45, 7) is 3.48. The van der Waals surface area contributed by atoms with Gasteiger partial charge in [-0.1, -0.05) is 70.4 Å². The van der Waals surface area contributed by atoms with Crippen molar-refractivity contribution in [1.82, 2.24) is 4.90 Å². The Morgan fingerprint density at radius 3 is 1.94 bits per heavy atom. The van der Waals surface area contributed by atoms with Gasteiger partial charge in [0.25, 0.3) is 5.91 Å². The lowest BCUT2D eigenvalue weighted by atomic mass is 9.53. The molecule has 276 valence electrons. The molecule has 0 saturated heterocycles. The Bertz CT molecular complexity index is 1450. The van der Waals surface area contributed by atoms with E-state index in [1.165, 1.54) is 89.1 Å². The Balaban J connectivity index is 0.000000642. The Kier molecular flexibility index (Phi) is 15.1. The van der Waals surface area contributed by atoms with E-state index < -0.39 is 87.0 Å². The molecular formula is C34H52N2O13. The Morgan fingerprint density at radius 1 is 0.918 bits per heavy atom. The standard InChI is InChI=1S/C22H24N2O9.C12H24O2.2H2O/c1-21(32)7-5-4-6-8(25)9(7)15(26)10-12(21)17(28)13-14(24(2)3)16(27)11(20(23)31)19(30)22(13,33)18(10)29;1-2-3-4-5-6-7-8-9-10-11-12(13)14;;/h4-6,12-14,17,25-26,28,30,32-33H,1-3H3,(H2,23,31);2-11H2,1H3,(H,13,14);2*1H2/t12-,13-,14+,17+,21-,22+;;;/m1.../s1. The number of phenolic OH excluding ortho intramolecular Hbond substituents is 1. The number of carboxylic acid groups (broad SMARTS) is 1. The average molecular weight is 697 g/mol. The quantitative estimate of drug-likeness (QED) is 0.112. The number of carbonyl (C=O) groups is 4. The highest BCUT2D eigenvalue weighted by Gasteiger charge is 2.70. The highest BCUT2D eigenvalue weighted by molar-refractivity contribution is 6.24. The fraction of sp³-hybridized carbons (Fsp3) is 0.588. The molecule has 3 aliphatic carbocycles. The van der Waals surface area contributed by atoms with Crippen LogP contribution in [0, 0.1) is 11.8 Å². The van der Waals surface area contributed by atoms with Crippen LogP contribution in [0.3, 0.4) is 0 Å². The van der Waals surface area contributed by atoms with E-state index in [1.54, 1.807) is 0 Å². The third kappa shape index (κ3) is 7.97. The Morgan fingerprint density at radius 2 is 1.45 bits per heavy atom. The molecular weight excluding hydrogens is 644 g/mol. The molecule has 0 spiro atoms. The third-order valence-electron chi connectivity index (χ3n) is 9.53. The van der Waals surface area contributed by atoms with E-state index in [-0.39, 0.29) is 22.1 Å². The van der Waals surface area contributed by atoms with Crippen molar-refractivity contribution < 1.29 is 65.9 Å². The van der Waals surface area contributed by atoms with Crippen molar-refractivity contribution in [2.75, 3.05) is 14.1 Å². The number of aliphatic hydroxyl groups excluding tert-OH is 3. The molecule has 3 aliphatic rings. The van der Waals surface area contributed by atoms with Crippen LogP contribution in [0.5, 0.6) is 5.75 Å². The second kappa shape index (κ2) is 17.2. The van der Waals surface area contributed by atoms with E-state index >= 15 is 0 Å². The summed E-state index contributed by atoms with van der Waals surface area (Å²) in [4.78, 5) is 50.1. The number of unbranched alkanes of at least 4 members (excludes halogenated alkanes) is 8. The number of carbonyl (C=O) groups excluding carboxylic acids is 3. The largest absolute Gasteiger partial charge is 0.508 e. The summed E-state index contributed by atoms with van der Waals surface area (Å²) in [5.41, 5.74) is -1.78. The number of carboxylic acids is 1. The number of Topliss-reactive ketones (excluding diaryl/α,β-unsaturated/α-hetero) is 2. The van der Waals surface area contributed by atoms with Gasteiger partial charge < -0.3 is 52.4 Å². The second-order valence-corrected chi connectivity index (χ2v) is 13.0. The summed E-state index contributed by atoms with van der Waals surface area (Å²) < 4.78 is 0. The van der Waals surface area contributed by atoms with E-state index in [9.17, 15) is 49.8 Å². The minimum Gasteiger partial charge on any atom is -0.508 e. The van der Waals surface area contributed by atoms with Gasteiger partial charge in [-0.2, -0.15) is 0 Å². The van der Waals surface area contributed by atoms with Crippen LogP contribution in [-0.4, -0.2) is 107 Å². The van der Waals surface area contributed by atoms with Crippen LogP contribution in [-0.2, 0) is 24.8 Å². The number of primary amides is 1. The zero-order valence-electron chi connectivity index (χ0n) is 28.4. The molecule has 13 N–H and O–H groups in total. The molecule has 49 heavy (non-hydrogen) atoms. The summed E-state index contributed by atoms with van der Waals surface area (Å²) in [5, 5.41) is 74.7. The van der Waals surface area contributed by atoms with Crippen LogP contribution in [0.1, 0.15) is 89.2 Å². The van der Waals surface area contributed by atoms with E-state index in [4.69, 9.17) is 10.8 Å². The number of benzene rings is 1. The number of phenols is 1. The third-order valence-corrected chi connectivity index (χ3v) is 9.53. The summed E-state index contributed by atoms with van der Waals surface area (Å²) in [6.07, 6.45) is 9.61. The predicted octanol–water partition coefficient (Wildman–Crippen LogP) is 0.942. The summed E-state index contributed by atoms with van der Waals surface area (Å²) in [7, 11) is 2.80. The van der Waals surface area contributed by atoms with Gasteiger partial charge in [-0.3, -0.25) is 24.1 Å². The highest BCUT2D eigenvalue weighted by atomic mass is 16.4. The van der Waals surface area contributed by atoms with E-state index in [1.807, 2.05) is 0 Å². The molecule has 1 amide bonds. The number of fused-ring (bicyclic) bond motifs is 3. The van der Waals surface area contributed by atoms with Crippen LogP contribution < -0.4 is 5.73 Å². The molecule has 15 nitrogen and oxygen atoms in total. The SMILES string of the molecule is CCCCCCCCCCCC(=O)O.CN(C)[C@@H]1C(=O)C(C(N)=O)=C(O)[C@@]2(O)C(=O)C3=C(O)c4c(O)cccc4[C@@](C)(O)[C@H]3[C@H](O)[C@@H]12.O.O. The van der Waals surface area contributed by atoms with E-state index in [0.29, 0.717) is 6.42 Å². The van der Waals surface area contributed by atoms with Gasteiger partial charge in [0.05, 0.1) is 40.7 Å². The molecule has 6 atom stereocenters. The number of aliphatic carboxylic acids is 1. The van der Waals surface area contributed by atoms with Crippen LogP contribution in [0.4, 0.5) is 0 Å². The number of ketones is 2. The zero-order chi connectivity index (χ0) is 35.4. The topological polar surface area (TPSA) is 302 Å². The summed E-state index contributed by atoms with van der Waals surface area (Å²) in [6, 6.07) is 2.50. The normalized spacial score (nSPS) is 27.2. The minimum absolute atomic E-state index is 0. The lowest BCUT2D eigenvalue weighted by Crippen LogP contribution is -2.71. The molecule has 0 aromatic heterocycles. The van der Waals surface area contributed by atoms with Crippen molar-refractivity contribution in [3.8, 4) is 5.75 Å². The molecule has 0 aliphatic heterocycles. The molecule has 4 rings (SSSR count). The second-order valence-electron chi connectivity index (χ2n) is 13.0. The van der Waals surface area contributed by atoms with Crippen LogP contribution >= 0.6 is 0 Å². The van der Waals surface area contributed by atoms with Gasteiger partial charge in [-0.15, -0.1) is 0 Å². The number of aliphatic hydroxyl groups is 5. The summed E-state index contributed by atoms with van der Waals surface area (Å²) in [5.74, 6) is -10.3. The van der Waals surface area contributed by atoms with Crippen molar-refractivity contribution in [3.63, 3.8) is 0 Å². The fourth-order valence-corrected chi connectivity index (χ4v) is 7.18. The smallest absolute Gasteiger partial charge is 0.303 e. The van der Waals surface area contributed by atoms with Gasteiger partial charge in [0.15, 0.2) is 11.4 Å². The first kappa shape index (κ1) is 43.2. The first-order chi connectivity index (χ1) is 22.0. The maximum atomic E-state index is 13.7. The maximum absolute atomic E-state index is 13.7. The molecule has 1 fully saturated rings. The van der Waals surface area contributed by atoms with Gasteiger partial charge in [0, 0.05) is 6.42 Å². The van der Waals surface area contributed by atoms with Crippen molar-refractivity contribution in [2.24, 2.45) is 17.6 Å². The molecule has 1 saturated carbocycles. The van der Waals surface area contributed by atoms with Gasteiger partial charge in [0.2, 0.25) is 5.78 Å². The Hall–Kier alpha value is -3.86. The van der Waals surface area contributed by atoms with Crippen molar-refractivity contribution in [1.29, 1.82) is 0 Å². The van der Waals surface area contributed by atoms with Crippen molar-refractivity contribution in [3.05, 3.63) is 46.2 Å². The fourth-order valence-electron chi connectivity index (χ4n) is 7.18. The number of amides is 1. The minimum atomic E-state index is -3.02. The molecule has 0 bridgehead atoms. The molecule has 1 aromatic carbocycles. The van der Waals surface area contributed by atoms with Crippen molar-refractivity contribution >= 4 is 29.2 Å².